The normalized spacial score (nSPS) is 10.3. The summed E-state index contributed by atoms with van der Waals surface area (Å²) < 4.78 is 5.83. The Bertz CT molecular complexity index is 772. The Kier molecular flexibility index (Phi) is 4.53. The summed E-state index contributed by atoms with van der Waals surface area (Å²) in [7, 11) is 0. The van der Waals surface area contributed by atoms with Gasteiger partial charge in [0.2, 0.25) is 0 Å². The van der Waals surface area contributed by atoms with E-state index in [1.54, 1.807) is 12.1 Å². The Balaban J connectivity index is 1.72. The van der Waals surface area contributed by atoms with Crippen molar-refractivity contribution in [3.05, 3.63) is 84.4 Å². The van der Waals surface area contributed by atoms with Crippen LogP contribution in [0, 0.1) is 0 Å². The van der Waals surface area contributed by atoms with E-state index in [-0.39, 0.29) is 5.78 Å². The van der Waals surface area contributed by atoms with Crippen molar-refractivity contribution in [1.82, 2.24) is 0 Å². The summed E-state index contributed by atoms with van der Waals surface area (Å²) in [6, 6.07) is 25.5. The number of ether oxygens (including phenoxy) is 1. The highest BCUT2D eigenvalue weighted by molar-refractivity contribution is 5.95. The van der Waals surface area contributed by atoms with Crippen LogP contribution in [0.2, 0.25) is 0 Å². The number of rotatable bonds is 5. The van der Waals surface area contributed by atoms with E-state index in [0.717, 1.165) is 22.6 Å². The quantitative estimate of drug-likeness (QED) is 0.562. The average molecular weight is 302 g/mol. The van der Waals surface area contributed by atoms with Gasteiger partial charge in [-0.3, -0.25) is 4.79 Å². The lowest BCUT2D eigenvalue weighted by molar-refractivity contribution is 0.0988. The van der Waals surface area contributed by atoms with E-state index in [0.29, 0.717) is 6.42 Å². The van der Waals surface area contributed by atoms with Crippen molar-refractivity contribution in [2.75, 3.05) is 0 Å². The Morgan fingerprint density at radius 3 is 1.83 bits per heavy atom. The van der Waals surface area contributed by atoms with Crippen LogP contribution in [0.15, 0.2) is 78.9 Å². The van der Waals surface area contributed by atoms with E-state index in [4.69, 9.17) is 4.74 Å². The first-order valence-electron chi connectivity index (χ1n) is 7.73. The van der Waals surface area contributed by atoms with Crippen LogP contribution in [0.25, 0.3) is 11.1 Å². The van der Waals surface area contributed by atoms with Gasteiger partial charge in [-0.2, -0.15) is 0 Å². The van der Waals surface area contributed by atoms with Gasteiger partial charge in [-0.1, -0.05) is 49.4 Å². The summed E-state index contributed by atoms with van der Waals surface area (Å²) in [6.45, 7) is 1.86. The van der Waals surface area contributed by atoms with Gasteiger partial charge in [-0.25, -0.2) is 0 Å². The smallest absolute Gasteiger partial charge is 0.162 e. The number of carbonyl (C=O) groups is 1. The predicted octanol–water partition coefficient (Wildman–Crippen LogP) is 5.74. The number of hydrogen-bond acceptors (Lipinski definition) is 2. The van der Waals surface area contributed by atoms with E-state index < -0.39 is 0 Å². The zero-order chi connectivity index (χ0) is 16.1. The maximum Gasteiger partial charge on any atom is 0.162 e. The van der Waals surface area contributed by atoms with Crippen LogP contribution in [0.4, 0.5) is 0 Å². The number of carbonyl (C=O) groups excluding carboxylic acids is 1. The molecule has 3 rings (SSSR count). The molecule has 2 heteroatoms. The minimum Gasteiger partial charge on any atom is -0.457 e. The molecule has 114 valence electrons. The van der Waals surface area contributed by atoms with Crippen LogP contribution in [0.3, 0.4) is 0 Å². The molecule has 0 fully saturated rings. The highest BCUT2D eigenvalue weighted by Crippen LogP contribution is 2.26. The summed E-state index contributed by atoms with van der Waals surface area (Å²) >= 11 is 0. The third kappa shape index (κ3) is 3.67. The van der Waals surface area contributed by atoms with Crippen LogP contribution >= 0.6 is 0 Å². The van der Waals surface area contributed by atoms with Gasteiger partial charge < -0.3 is 4.74 Å². The minimum absolute atomic E-state index is 0.142. The zero-order valence-electron chi connectivity index (χ0n) is 13.0. The second kappa shape index (κ2) is 6.93. The SMILES string of the molecule is CCC(=O)c1ccc(Oc2ccc(-c3ccccc3)cc2)cc1. The lowest BCUT2D eigenvalue weighted by Gasteiger charge is -2.08. The van der Waals surface area contributed by atoms with Gasteiger partial charge in [0.1, 0.15) is 11.5 Å². The van der Waals surface area contributed by atoms with Crippen molar-refractivity contribution in [3.63, 3.8) is 0 Å². The largest absolute Gasteiger partial charge is 0.457 e. The van der Waals surface area contributed by atoms with Crippen molar-refractivity contribution in [2.45, 2.75) is 13.3 Å². The fourth-order valence-electron chi connectivity index (χ4n) is 2.40. The molecule has 0 bridgehead atoms. The molecular formula is C21H18O2. The highest BCUT2D eigenvalue weighted by atomic mass is 16.5. The minimum atomic E-state index is 0.142. The Morgan fingerprint density at radius 1 is 0.739 bits per heavy atom. The summed E-state index contributed by atoms with van der Waals surface area (Å²) in [5.74, 6) is 1.65. The molecule has 0 radical (unpaired) electrons. The van der Waals surface area contributed by atoms with Crippen molar-refractivity contribution in [3.8, 4) is 22.6 Å². The van der Waals surface area contributed by atoms with Crippen LogP contribution < -0.4 is 4.74 Å². The molecule has 0 saturated carbocycles. The Morgan fingerprint density at radius 2 is 1.26 bits per heavy atom. The fraction of sp³-hybridized carbons (Fsp3) is 0.0952. The molecule has 0 spiro atoms. The maximum atomic E-state index is 11.6. The molecule has 2 nitrogen and oxygen atoms in total. The molecule has 0 N–H and O–H groups in total. The molecule has 0 aliphatic heterocycles. The second-order valence-electron chi connectivity index (χ2n) is 5.29. The van der Waals surface area contributed by atoms with E-state index in [2.05, 4.69) is 12.1 Å². The highest BCUT2D eigenvalue weighted by Gasteiger charge is 2.04. The summed E-state index contributed by atoms with van der Waals surface area (Å²) in [6.07, 6.45) is 0.515. The Labute approximate surface area is 136 Å². The number of benzene rings is 3. The molecule has 3 aromatic rings. The van der Waals surface area contributed by atoms with Gasteiger partial charge in [0.05, 0.1) is 0 Å². The number of Topliss-reactive ketones (excluding diaryl/α,β-unsaturated/α-hetero) is 1. The first-order chi connectivity index (χ1) is 11.3. The van der Waals surface area contributed by atoms with Crippen molar-refractivity contribution in [1.29, 1.82) is 0 Å². The molecule has 0 atom stereocenters. The molecular weight excluding hydrogens is 284 g/mol. The molecule has 0 aliphatic rings. The van der Waals surface area contributed by atoms with Crippen LogP contribution in [0.5, 0.6) is 11.5 Å². The van der Waals surface area contributed by atoms with Crippen molar-refractivity contribution >= 4 is 5.78 Å². The van der Waals surface area contributed by atoms with Gasteiger partial charge in [-0.05, 0) is 47.5 Å². The van der Waals surface area contributed by atoms with E-state index in [1.807, 2.05) is 61.5 Å². The van der Waals surface area contributed by atoms with Crippen molar-refractivity contribution in [2.24, 2.45) is 0 Å². The van der Waals surface area contributed by atoms with E-state index in [9.17, 15) is 4.79 Å². The Hall–Kier alpha value is -2.87. The summed E-state index contributed by atoms with van der Waals surface area (Å²) in [4.78, 5) is 11.6. The van der Waals surface area contributed by atoms with E-state index in [1.165, 1.54) is 5.56 Å². The topological polar surface area (TPSA) is 26.3 Å². The maximum absolute atomic E-state index is 11.6. The monoisotopic (exact) mass is 302 g/mol. The van der Waals surface area contributed by atoms with Gasteiger partial charge >= 0.3 is 0 Å². The summed E-state index contributed by atoms with van der Waals surface area (Å²) in [5.41, 5.74) is 3.06. The molecule has 23 heavy (non-hydrogen) atoms. The summed E-state index contributed by atoms with van der Waals surface area (Å²) in [5, 5.41) is 0. The number of hydrogen-bond donors (Lipinski definition) is 0. The molecule has 0 unspecified atom stereocenters. The average Bonchev–Trinajstić information content (AvgIpc) is 2.63. The standard InChI is InChI=1S/C21H18O2/c1-2-21(22)18-10-14-20(15-11-18)23-19-12-8-17(9-13-19)16-6-4-3-5-7-16/h3-15H,2H2,1H3. The zero-order valence-corrected chi connectivity index (χ0v) is 13.0. The third-order valence-corrected chi connectivity index (χ3v) is 3.69. The molecule has 0 aliphatic carbocycles. The first kappa shape index (κ1) is 15.0. The van der Waals surface area contributed by atoms with Crippen LogP contribution in [0.1, 0.15) is 23.7 Å². The first-order valence-corrected chi connectivity index (χ1v) is 7.73. The van der Waals surface area contributed by atoms with E-state index >= 15 is 0 Å². The molecule has 0 saturated heterocycles. The lowest BCUT2D eigenvalue weighted by atomic mass is 10.1. The second-order valence-corrected chi connectivity index (χ2v) is 5.29. The van der Waals surface area contributed by atoms with Crippen LogP contribution in [-0.4, -0.2) is 5.78 Å². The fourth-order valence-corrected chi connectivity index (χ4v) is 2.40. The third-order valence-electron chi connectivity index (χ3n) is 3.69. The predicted molar refractivity (Wildman–Crippen MR) is 93.0 cm³/mol. The van der Waals surface area contributed by atoms with Gasteiger partial charge in [-0.15, -0.1) is 0 Å². The molecule has 0 heterocycles. The van der Waals surface area contributed by atoms with Gasteiger partial charge in [0, 0.05) is 12.0 Å². The van der Waals surface area contributed by atoms with Crippen LogP contribution in [-0.2, 0) is 0 Å². The molecule has 0 amide bonds. The van der Waals surface area contributed by atoms with Crippen molar-refractivity contribution < 1.29 is 9.53 Å². The van der Waals surface area contributed by atoms with Gasteiger partial charge in [0.15, 0.2) is 5.78 Å². The molecule has 0 aromatic heterocycles. The number of ketones is 1. The van der Waals surface area contributed by atoms with Gasteiger partial charge in [0.25, 0.3) is 0 Å². The lowest BCUT2D eigenvalue weighted by Crippen LogP contribution is -1.95. The molecule has 3 aromatic carbocycles.